The highest BCUT2D eigenvalue weighted by Crippen LogP contribution is 2.36. The second-order valence-electron chi connectivity index (χ2n) is 6.13. The van der Waals surface area contributed by atoms with Crippen LogP contribution in [0.5, 0.6) is 0 Å². The Bertz CT molecular complexity index is 749. The fraction of sp³-hybridized carbons (Fsp3) is 0.471. The summed E-state index contributed by atoms with van der Waals surface area (Å²) in [7, 11) is 1.92. The van der Waals surface area contributed by atoms with Crippen LogP contribution in [0.4, 0.5) is 0 Å². The fourth-order valence-electron chi connectivity index (χ4n) is 3.34. The Kier molecular flexibility index (Phi) is 4.42. The van der Waals surface area contributed by atoms with Crippen molar-refractivity contribution in [3.63, 3.8) is 0 Å². The Hall–Kier alpha value is -2.57. The van der Waals surface area contributed by atoms with Crippen LogP contribution in [0.2, 0.25) is 0 Å². The number of hydrogen-bond donors (Lipinski definition) is 1. The van der Waals surface area contributed by atoms with Gasteiger partial charge in [-0.3, -0.25) is 9.59 Å². The Morgan fingerprint density at radius 1 is 1.50 bits per heavy atom. The lowest BCUT2D eigenvalue weighted by atomic mass is 9.99. The number of rotatable bonds is 5. The van der Waals surface area contributed by atoms with Crippen LogP contribution in [-0.4, -0.2) is 39.4 Å². The van der Waals surface area contributed by atoms with E-state index in [1.165, 1.54) is 6.26 Å². The third kappa shape index (κ3) is 2.81. The van der Waals surface area contributed by atoms with Crippen molar-refractivity contribution in [1.29, 1.82) is 0 Å². The molecule has 0 aliphatic carbocycles. The third-order valence-electron chi connectivity index (χ3n) is 4.60. The smallest absolute Gasteiger partial charge is 0.287 e. The molecule has 2 aromatic rings. The van der Waals surface area contributed by atoms with Crippen LogP contribution in [0, 0.1) is 12.8 Å². The van der Waals surface area contributed by atoms with Crippen LogP contribution in [0.3, 0.4) is 0 Å². The van der Waals surface area contributed by atoms with E-state index >= 15 is 0 Å². The van der Waals surface area contributed by atoms with Gasteiger partial charge in [0.2, 0.25) is 5.91 Å². The van der Waals surface area contributed by atoms with E-state index in [4.69, 9.17) is 4.42 Å². The number of likely N-dealkylation sites (tertiary alicyclic amines) is 1. The molecule has 24 heavy (non-hydrogen) atoms. The summed E-state index contributed by atoms with van der Waals surface area (Å²) in [6.45, 7) is 4.81. The quantitative estimate of drug-likeness (QED) is 0.904. The Labute approximate surface area is 140 Å². The molecule has 2 amide bonds. The molecule has 3 heterocycles. The highest BCUT2D eigenvalue weighted by molar-refractivity contribution is 5.92. The van der Waals surface area contributed by atoms with Gasteiger partial charge in [-0.25, -0.2) is 4.98 Å². The summed E-state index contributed by atoms with van der Waals surface area (Å²) < 4.78 is 7.15. The highest BCUT2D eigenvalue weighted by atomic mass is 16.3. The average molecular weight is 330 g/mol. The van der Waals surface area contributed by atoms with Crippen molar-refractivity contribution >= 4 is 11.8 Å². The Balaban J connectivity index is 1.76. The zero-order valence-corrected chi connectivity index (χ0v) is 14.2. The predicted octanol–water partition coefficient (Wildman–Crippen LogP) is 1.66. The summed E-state index contributed by atoms with van der Waals surface area (Å²) in [5.74, 6) is 0.992. The lowest BCUT2D eigenvalue weighted by molar-refractivity contribution is -0.128. The first-order valence-corrected chi connectivity index (χ1v) is 8.11. The number of imidazole rings is 1. The molecule has 0 spiro atoms. The maximum absolute atomic E-state index is 12.3. The number of hydrogen-bond acceptors (Lipinski definition) is 4. The second-order valence-corrected chi connectivity index (χ2v) is 6.13. The largest absolute Gasteiger partial charge is 0.459 e. The molecule has 2 atom stereocenters. The molecule has 128 valence electrons. The number of amides is 2. The van der Waals surface area contributed by atoms with E-state index in [1.54, 1.807) is 12.3 Å². The van der Waals surface area contributed by atoms with Gasteiger partial charge >= 0.3 is 0 Å². The first-order chi connectivity index (χ1) is 11.5. The van der Waals surface area contributed by atoms with Crippen LogP contribution >= 0.6 is 0 Å². The topological polar surface area (TPSA) is 80.4 Å². The summed E-state index contributed by atoms with van der Waals surface area (Å²) in [5, 5.41) is 2.90. The molecule has 3 rings (SSSR count). The van der Waals surface area contributed by atoms with Crippen LogP contribution in [-0.2, 0) is 11.8 Å². The molecule has 0 unspecified atom stereocenters. The number of aryl methyl sites for hydroxylation is 2. The summed E-state index contributed by atoms with van der Waals surface area (Å²) in [4.78, 5) is 30.8. The fourth-order valence-corrected chi connectivity index (χ4v) is 3.34. The minimum Gasteiger partial charge on any atom is -0.459 e. The number of aromatic nitrogens is 2. The van der Waals surface area contributed by atoms with Crippen LogP contribution < -0.4 is 5.32 Å². The van der Waals surface area contributed by atoms with Crippen LogP contribution in [0.25, 0.3) is 0 Å². The van der Waals surface area contributed by atoms with Crippen molar-refractivity contribution in [2.45, 2.75) is 26.3 Å². The average Bonchev–Trinajstić information content (AvgIpc) is 3.23. The maximum Gasteiger partial charge on any atom is 0.287 e. The predicted molar refractivity (Wildman–Crippen MR) is 87.2 cm³/mol. The standard InChI is InChI=1S/C17H22N4O3/c1-4-21-13(22)9-12(14(21)16-18-6-7-20(16)3)10-19-17(23)15-11(2)5-8-24-15/h5-8,12,14H,4,9-10H2,1-3H3,(H,19,23)/t12-,14+/m0/s1. The minimum atomic E-state index is -0.251. The molecule has 1 aliphatic rings. The summed E-state index contributed by atoms with van der Waals surface area (Å²) in [6, 6.07) is 1.63. The summed E-state index contributed by atoms with van der Waals surface area (Å²) in [5.41, 5.74) is 0.797. The molecule has 2 aromatic heterocycles. The van der Waals surface area contributed by atoms with Crippen LogP contribution in [0.1, 0.15) is 41.3 Å². The van der Waals surface area contributed by atoms with Gasteiger partial charge in [0, 0.05) is 50.4 Å². The lowest BCUT2D eigenvalue weighted by Gasteiger charge is -2.26. The molecular formula is C17H22N4O3. The van der Waals surface area contributed by atoms with Gasteiger partial charge < -0.3 is 19.2 Å². The minimum absolute atomic E-state index is 0.0160. The molecule has 1 N–H and O–H groups in total. The molecule has 0 radical (unpaired) electrons. The van der Waals surface area contributed by atoms with Gasteiger partial charge in [0.25, 0.3) is 5.91 Å². The van der Waals surface area contributed by atoms with Gasteiger partial charge in [-0.15, -0.1) is 0 Å². The zero-order chi connectivity index (χ0) is 17.3. The molecule has 0 bridgehead atoms. The molecule has 1 saturated heterocycles. The SMILES string of the molecule is CCN1C(=O)C[C@@H](CNC(=O)c2occc2C)[C@@H]1c1nccn1C. The van der Waals surface area contributed by atoms with Crippen molar-refractivity contribution in [1.82, 2.24) is 19.8 Å². The first-order valence-electron chi connectivity index (χ1n) is 8.11. The molecular weight excluding hydrogens is 308 g/mol. The number of carbonyl (C=O) groups is 2. The van der Waals surface area contributed by atoms with Gasteiger partial charge in [-0.2, -0.15) is 0 Å². The Morgan fingerprint density at radius 2 is 2.29 bits per heavy atom. The van der Waals surface area contributed by atoms with E-state index < -0.39 is 0 Å². The number of carbonyl (C=O) groups excluding carboxylic acids is 2. The molecule has 0 saturated carbocycles. The number of furan rings is 1. The summed E-state index contributed by atoms with van der Waals surface area (Å²) in [6.07, 6.45) is 5.50. The normalized spacial score (nSPS) is 20.6. The maximum atomic E-state index is 12.3. The Morgan fingerprint density at radius 3 is 2.88 bits per heavy atom. The number of nitrogens with zero attached hydrogens (tertiary/aromatic N) is 3. The van der Waals surface area contributed by atoms with E-state index in [2.05, 4.69) is 10.3 Å². The van der Waals surface area contributed by atoms with Gasteiger partial charge in [-0.1, -0.05) is 0 Å². The molecule has 1 fully saturated rings. The number of nitrogens with one attached hydrogen (secondary N) is 1. The first kappa shape index (κ1) is 16.3. The van der Waals surface area contributed by atoms with Gasteiger partial charge in [0.1, 0.15) is 5.82 Å². The van der Waals surface area contributed by atoms with Crippen molar-refractivity contribution < 1.29 is 14.0 Å². The van der Waals surface area contributed by atoms with Crippen LogP contribution in [0.15, 0.2) is 29.1 Å². The van der Waals surface area contributed by atoms with E-state index in [0.717, 1.165) is 11.4 Å². The van der Waals surface area contributed by atoms with E-state index in [-0.39, 0.29) is 23.8 Å². The van der Waals surface area contributed by atoms with Crippen molar-refractivity contribution in [2.24, 2.45) is 13.0 Å². The molecule has 7 heteroatoms. The van der Waals surface area contributed by atoms with Crippen molar-refractivity contribution in [3.05, 3.63) is 41.9 Å². The van der Waals surface area contributed by atoms with Gasteiger partial charge in [0.15, 0.2) is 5.76 Å². The monoisotopic (exact) mass is 330 g/mol. The van der Waals surface area contributed by atoms with Crippen molar-refractivity contribution in [2.75, 3.05) is 13.1 Å². The zero-order valence-electron chi connectivity index (χ0n) is 14.2. The van der Waals surface area contributed by atoms with E-state index in [1.807, 2.05) is 36.6 Å². The van der Waals surface area contributed by atoms with Gasteiger partial charge in [-0.05, 0) is 19.9 Å². The van der Waals surface area contributed by atoms with Gasteiger partial charge in [0.05, 0.1) is 12.3 Å². The lowest BCUT2D eigenvalue weighted by Crippen LogP contribution is -2.35. The molecule has 1 aliphatic heterocycles. The molecule has 7 nitrogen and oxygen atoms in total. The second kappa shape index (κ2) is 6.51. The third-order valence-corrected chi connectivity index (χ3v) is 4.60. The van der Waals surface area contributed by atoms with E-state index in [9.17, 15) is 9.59 Å². The van der Waals surface area contributed by atoms with Crippen molar-refractivity contribution in [3.8, 4) is 0 Å². The van der Waals surface area contributed by atoms with E-state index in [0.29, 0.717) is 25.3 Å². The molecule has 0 aromatic carbocycles. The summed E-state index contributed by atoms with van der Waals surface area (Å²) >= 11 is 0. The highest BCUT2D eigenvalue weighted by Gasteiger charge is 2.41.